The van der Waals surface area contributed by atoms with Gasteiger partial charge in [0.2, 0.25) is 0 Å². The van der Waals surface area contributed by atoms with Gasteiger partial charge in [0.25, 0.3) is 0 Å². The van der Waals surface area contributed by atoms with E-state index in [9.17, 15) is 9.18 Å². The summed E-state index contributed by atoms with van der Waals surface area (Å²) < 4.78 is 16.0. The number of carbonyl (C=O) groups is 1. The van der Waals surface area contributed by atoms with E-state index >= 15 is 0 Å². The largest absolute Gasteiger partial charge is 0.334 e. The summed E-state index contributed by atoms with van der Waals surface area (Å²) in [6.07, 6.45) is 3.08. The van der Waals surface area contributed by atoms with Gasteiger partial charge in [-0.1, -0.05) is 55.8 Å². The molecule has 3 atom stereocenters. The van der Waals surface area contributed by atoms with E-state index in [1.807, 2.05) is 30.3 Å². The molecule has 0 heterocycles. The SMILES string of the molecule is CC1CCCC(SN(C(=O)N(C)Cc2ccccc2)c2ccccc2F)C1Cl. The highest BCUT2D eigenvalue weighted by Gasteiger charge is 2.34. The monoisotopic (exact) mass is 420 g/mol. The second-order valence-corrected chi connectivity index (χ2v) is 9.05. The van der Waals surface area contributed by atoms with Gasteiger partial charge in [-0.2, -0.15) is 0 Å². The molecule has 6 heteroatoms. The molecule has 3 unspecified atom stereocenters. The van der Waals surface area contributed by atoms with Gasteiger partial charge in [-0.25, -0.2) is 13.5 Å². The minimum absolute atomic E-state index is 0.0414. The van der Waals surface area contributed by atoms with Gasteiger partial charge < -0.3 is 4.90 Å². The maximum absolute atomic E-state index is 14.6. The van der Waals surface area contributed by atoms with Crippen LogP contribution in [0.25, 0.3) is 0 Å². The topological polar surface area (TPSA) is 23.6 Å². The number of anilines is 1. The van der Waals surface area contributed by atoms with Gasteiger partial charge in [0.15, 0.2) is 0 Å². The molecule has 0 spiro atoms. The van der Waals surface area contributed by atoms with Crippen LogP contribution in [0.1, 0.15) is 31.7 Å². The summed E-state index contributed by atoms with van der Waals surface area (Å²) in [7, 11) is 1.74. The molecule has 1 saturated carbocycles. The lowest BCUT2D eigenvalue weighted by Crippen LogP contribution is -2.41. The number of rotatable bonds is 5. The number of alkyl halides is 1. The van der Waals surface area contributed by atoms with Crippen LogP contribution in [-0.2, 0) is 6.54 Å². The molecule has 0 N–H and O–H groups in total. The number of halogens is 2. The molecule has 1 fully saturated rings. The average Bonchev–Trinajstić information content (AvgIpc) is 2.70. The Balaban J connectivity index is 1.83. The Hall–Kier alpha value is -1.72. The number of nitrogens with zero attached hydrogens (tertiary/aromatic N) is 2. The Morgan fingerprint density at radius 1 is 1.14 bits per heavy atom. The standard InChI is InChI=1S/C22H26ClFN2OS/c1-16-9-8-14-20(21(16)23)28-26(19-13-7-6-12-18(19)24)22(27)25(2)15-17-10-4-3-5-11-17/h3-7,10-13,16,20-21H,8-9,14-15H2,1-2H3. The lowest BCUT2D eigenvalue weighted by Gasteiger charge is -2.36. The van der Waals surface area contributed by atoms with Crippen molar-refractivity contribution >= 4 is 35.3 Å². The Labute approximate surface area is 176 Å². The minimum atomic E-state index is -0.411. The predicted molar refractivity (Wildman–Crippen MR) is 116 cm³/mol. The maximum Gasteiger partial charge on any atom is 0.334 e. The van der Waals surface area contributed by atoms with Crippen LogP contribution in [0.15, 0.2) is 54.6 Å². The first-order valence-corrected chi connectivity index (χ1v) is 10.9. The molecule has 0 saturated heterocycles. The van der Waals surface area contributed by atoms with Crippen molar-refractivity contribution in [3.05, 3.63) is 66.0 Å². The maximum atomic E-state index is 14.6. The van der Waals surface area contributed by atoms with E-state index in [0.717, 1.165) is 24.8 Å². The Morgan fingerprint density at radius 3 is 2.54 bits per heavy atom. The van der Waals surface area contributed by atoms with E-state index in [1.54, 1.807) is 30.1 Å². The van der Waals surface area contributed by atoms with Gasteiger partial charge in [-0.3, -0.25) is 0 Å². The van der Waals surface area contributed by atoms with Crippen LogP contribution in [0, 0.1) is 11.7 Å². The van der Waals surface area contributed by atoms with Gasteiger partial charge in [0.05, 0.1) is 5.69 Å². The molecule has 28 heavy (non-hydrogen) atoms. The van der Waals surface area contributed by atoms with Crippen molar-refractivity contribution in [1.29, 1.82) is 0 Å². The summed E-state index contributed by atoms with van der Waals surface area (Å²) in [5.74, 6) is -0.0287. The smallest absolute Gasteiger partial charge is 0.322 e. The van der Waals surface area contributed by atoms with Gasteiger partial charge in [-0.05, 0) is 48.4 Å². The zero-order valence-corrected chi connectivity index (χ0v) is 17.8. The number of para-hydroxylation sites is 1. The zero-order chi connectivity index (χ0) is 20.1. The van der Waals surface area contributed by atoms with Crippen LogP contribution in [0.5, 0.6) is 0 Å². The fraction of sp³-hybridized carbons (Fsp3) is 0.409. The molecule has 2 aromatic carbocycles. The highest BCUT2D eigenvalue weighted by atomic mass is 35.5. The predicted octanol–water partition coefficient (Wildman–Crippen LogP) is 6.33. The van der Waals surface area contributed by atoms with E-state index < -0.39 is 5.82 Å². The third kappa shape index (κ3) is 5.00. The van der Waals surface area contributed by atoms with Crippen LogP contribution in [0.4, 0.5) is 14.9 Å². The first kappa shape index (κ1) is 21.0. The summed E-state index contributed by atoms with van der Waals surface area (Å²) in [5.41, 5.74) is 1.30. The van der Waals surface area contributed by atoms with Crippen LogP contribution >= 0.6 is 23.5 Å². The molecule has 0 aromatic heterocycles. The summed E-state index contributed by atoms with van der Waals surface area (Å²) in [5, 5.41) is 0.0272. The Kier molecular flexibility index (Phi) is 7.24. The third-order valence-corrected chi connectivity index (χ3v) is 7.37. The van der Waals surface area contributed by atoms with Crippen molar-refractivity contribution in [1.82, 2.24) is 4.90 Å². The van der Waals surface area contributed by atoms with Crippen molar-refractivity contribution < 1.29 is 9.18 Å². The van der Waals surface area contributed by atoms with Gasteiger partial charge >= 0.3 is 6.03 Å². The molecule has 1 aliphatic carbocycles. The number of hydrogen-bond acceptors (Lipinski definition) is 2. The van der Waals surface area contributed by atoms with Crippen molar-refractivity contribution in [3.8, 4) is 0 Å². The summed E-state index contributed by atoms with van der Waals surface area (Å²) in [6.45, 7) is 2.59. The average molecular weight is 421 g/mol. The first-order valence-electron chi connectivity index (χ1n) is 9.62. The fourth-order valence-corrected chi connectivity index (χ4v) is 5.28. The first-order chi connectivity index (χ1) is 13.5. The van der Waals surface area contributed by atoms with Gasteiger partial charge in [0, 0.05) is 24.2 Å². The molecular weight excluding hydrogens is 395 g/mol. The van der Waals surface area contributed by atoms with Gasteiger partial charge in [-0.15, -0.1) is 11.6 Å². The minimum Gasteiger partial charge on any atom is -0.322 e. The molecule has 3 rings (SSSR count). The number of benzene rings is 2. The molecule has 1 aliphatic rings. The molecule has 0 aliphatic heterocycles. The highest BCUT2D eigenvalue weighted by molar-refractivity contribution is 8.02. The summed E-state index contributed by atoms with van der Waals surface area (Å²) in [4.78, 5) is 14.9. The Bertz CT molecular complexity index is 791. The molecule has 2 amide bonds. The lowest BCUT2D eigenvalue weighted by atomic mass is 9.90. The zero-order valence-electron chi connectivity index (χ0n) is 16.2. The second-order valence-electron chi connectivity index (χ2n) is 7.37. The van der Waals surface area contributed by atoms with Crippen molar-refractivity contribution in [2.75, 3.05) is 11.4 Å². The molecule has 0 radical (unpaired) electrons. The van der Waals surface area contributed by atoms with Crippen LogP contribution in [0.2, 0.25) is 0 Å². The quantitative estimate of drug-likeness (QED) is 0.417. The van der Waals surface area contributed by atoms with E-state index in [-0.39, 0.29) is 22.3 Å². The third-order valence-electron chi connectivity index (χ3n) is 5.12. The van der Waals surface area contributed by atoms with E-state index in [0.29, 0.717) is 12.5 Å². The molecule has 3 nitrogen and oxygen atoms in total. The lowest BCUT2D eigenvalue weighted by molar-refractivity contribution is 0.217. The fourth-order valence-electron chi connectivity index (χ4n) is 3.47. The number of amides is 2. The number of hydrogen-bond donors (Lipinski definition) is 0. The molecule has 2 aromatic rings. The van der Waals surface area contributed by atoms with Crippen molar-refractivity contribution in [2.45, 2.75) is 43.4 Å². The van der Waals surface area contributed by atoms with Crippen molar-refractivity contribution in [2.24, 2.45) is 5.92 Å². The second kappa shape index (κ2) is 9.66. The van der Waals surface area contributed by atoms with Crippen LogP contribution < -0.4 is 4.31 Å². The molecule has 0 bridgehead atoms. The Morgan fingerprint density at radius 2 is 1.82 bits per heavy atom. The number of carbonyl (C=O) groups excluding carboxylic acids is 1. The van der Waals surface area contributed by atoms with Crippen LogP contribution in [-0.4, -0.2) is 28.6 Å². The highest BCUT2D eigenvalue weighted by Crippen LogP contribution is 2.40. The van der Waals surface area contributed by atoms with Gasteiger partial charge in [0.1, 0.15) is 5.82 Å². The number of urea groups is 1. The van der Waals surface area contributed by atoms with E-state index in [4.69, 9.17) is 11.6 Å². The molecular formula is C22H26ClFN2OS. The van der Waals surface area contributed by atoms with E-state index in [2.05, 4.69) is 6.92 Å². The van der Waals surface area contributed by atoms with Crippen LogP contribution in [0.3, 0.4) is 0 Å². The van der Waals surface area contributed by atoms with E-state index in [1.165, 1.54) is 22.3 Å². The summed E-state index contributed by atoms with van der Waals surface area (Å²) in [6, 6.07) is 15.9. The normalized spacial score (nSPS) is 21.9. The summed E-state index contributed by atoms with van der Waals surface area (Å²) >= 11 is 8.01. The van der Waals surface area contributed by atoms with Crippen molar-refractivity contribution in [3.63, 3.8) is 0 Å². The molecule has 150 valence electrons.